The van der Waals surface area contributed by atoms with Gasteiger partial charge in [0.05, 0.1) is 24.8 Å². The van der Waals surface area contributed by atoms with Crippen LogP contribution < -0.4 is 9.64 Å². The SMILES string of the molecule is C/C=C/C(=O)N1CCN2C(=O)c3c(N4CCOCC4)nc(-c4c(O)cccc4F)c(Cl)c3OC[C@H]2C1. The van der Waals surface area contributed by atoms with Crippen molar-refractivity contribution in [1.82, 2.24) is 14.8 Å². The van der Waals surface area contributed by atoms with Crippen molar-refractivity contribution < 1.29 is 28.6 Å². The fraction of sp³-hybridized carbons (Fsp3) is 0.400. The zero-order valence-electron chi connectivity index (χ0n) is 19.7. The number of hydrogen-bond acceptors (Lipinski definition) is 7. The number of ether oxygens (including phenoxy) is 2. The summed E-state index contributed by atoms with van der Waals surface area (Å²) in [6.45, 7) is 4.68. The predicted molar refractivity (Wildman–Crippen MR) is 131 cm³/mol. The van der Waals surface area contributed by atoms with E-state index in [2.05, 4.69) is 4.98 Å². The number of phenols is 1. The lowest BCUT2D eigenvalue weighted by atomic mass is 10.0. The molecule has 3 aliphatic rings. The summed E-state index contributed by atoms with van der Waals surface area (Å²) < 4.78 is 26.4. The number of halogens is 2. The number of aromatic hydroxyl groups is 1. The summed E-state index contributed by atoms with van der Waals surface area (Å²) in [4.78, 5) is 36.2. The van der Waals surface area contributed by atoms with Gasteiger partial charge in [-0.05, 0) is 25.1 Å². The van der Waals surface area contributed by atoms with Crippen molar-refractivity contribution in [2.24, 2.45) is 0 Å². The average Bonchev–Trinajstić information content (AvgIpc) is 3.02. The Hall–Kier alpha value is -3.37. The van der Waals surface area contributed by atoms with Crippen molar-refractivity contribution in [3.63, 3.8) is 0 Å². The molecule has 0 unspecified atom stereocenters. The standard InChI is InChI=1S/C25H26ClFN4O5/c1-2-4-18(33)30-7-8-31-15(13-30)14-36-23-20(25(31)34)24(29-9-11-35-12-10-29)28-22(21(23)26)19-16(27)5-3-6-17(19)32/h2-6,15,32H,7-14H2,1H3/b4-2+/t15-/m1/s1. The maximum atomic E-state index is 14.9. The van der Waals surface area contributed by atoms with Crippen LogP contribution in [0, 0.1) is 5.82 Å². The number of fused-ring (bicyclic) bond motifs is 2. The molecule has 1 N–H and O–H groups in total. The molecule has 3 aliphatic heterocycles. The molecular weight excluding hydrogens is 491 g/mol. The highest BCUT2D eigenvalue weighted by Crippen LogP contribution is 2.46. The van der Waals surface area contributed by atoms with E-state index >= 15 is 0 Å². The fourth-order valence-electron chi connectivity index (χ4n) is 4.81. The molecule has 11 heteroatoms. The highest BCUT2D eigenvalue weighted by atomic mass is 35.5. The van der Waals surface area contributed by atoms with Gasteiger partial charge in [-0.2, -0.15) is 0 Å². The van der Waals surface area contributed by atoms with Crippen molar-refractivity contribution in [3.05, 3.63) is 46.8 Å². The first kappa shape index (κ1) is 24.3. The number of anilines is 1. The zero-order valence-corrected chi connectivity index (χ0v) is 20.5. The average molecular weight is 517 g/mol. The molecule has 4 heterocycles. The molecule has 0 bridgehead atoms. The summed E-state index contributed by atoms with van der Waals surface area (Å²) in [7, 11) is 0. The number of aromatic nitrogens is 1. The number of rotatable bonds is 3. The lowest BCUT2D eigenvalue weighted by Crippen LogP contribution is -2.57. The van der Waals surface area contributed by atoms with Crippen LogP contribution in [0.5, 0.6) is 11.5 Å². The fourth-order valence-corrected chi connectivity index (χ4v) is 5.10. The number of allylic oxidation sites excluding steroid dienone is 1. The maximum Gasteiger partial charge on any atom is 0.261 e. The van der Waals surface area contributed by atoms with Gasteiger partial charge in [0.25, 0.3) is 5.91 Å². The van der Waals surface area contributed by atoms with Crippen LogP contribution in [0.25, 0.3) is 11.3 Å². The van der Waals surface area contributed by atoms with E-state index in [-0.39, 0.29) is 51.8 Å². The van der Waals surface area contributed by atoms with Gasteiger partial charge < -0.3 is 29.3 Å². The third kappa shape index (κ3) is 4.24. The van der Waals surface area contributed by atoms with Crippen LogP contribution in [0.2, 0.25) is 5.02 Å². The summed E-state index contributed by atoms with van der Waals surface area (Å²) in [5, 5.41) is 10.4. The van der Waals surface area contributed by atoms with Crippen LogP contribution in [-0.2, 0) is 9.53 Å². The number of nitrogens with zero attached hydrogens (tertiary/aromatic N) is 4. The van der Waals surface area contributed by atoms with E-state index in [0.717, 1.165) is 0 Å². The lowest BCUT2D eigenvalue weighted by Gasteiger charge is -2.39. The van der Waals surface area contributed by atoms with E-state index in [9.17, 15) is 19.1 Å². The minimum atomic E-state index is -0.701. The molecule has 9 nitrogen and oxygen atoms in total. The van der Waals surface area contributed by atoms with Gasteiger partial charge >= 0.3 is 0 Å². The van der Waals surface area contributed by atoms with Crippen LogP contribution in [0.15, 0.2) is 30.4 Å². The Labute approximate surface area is 212 Å². The molecule has 1 aromatic carbocycles. The number of pyridine rings is 1. The van der Waals surface area contributed by atoms with Gasteiger partial charge in [0.1, 0.15) is 40.3 Å². The van der Waals surface area contributed by atoms with Gasteiger partial charge in [0.2, 0.25) is 5.91 Å². The van der Waals surface area contributed by atoms with E-state index in [1.54, 1.807) is 22.8 Å². The molecule has 190 valence electrons. The minimum Gasteiger partial charge on any atom is -0.507 e. The van der Waals surface area contributed by atoms with Crippen LogP contribution in [-0.4, -0.2) is 90.3 Å². The number of benzene rings is 1. The monoisotopic (exact) mass is 516 g/mol. The Morgan fingerprint density at radius 2 is 2.00 bits per heavy atom. The third-order valence-corrected chi connectivity index (χ3v) is 6.96. The van der Waals surface area contributed by atoms with Crippen molar-refractivity contribution in [3.8, 4) is 22.8 Å². The van der Waals surface area contributed by atoms with E-state index in [4.69, 9.17) is 21.1 Å². The summed E-state index contributed by atoms with van der Waals surface area (Å²) in [5.41, 5.74) is 0.0169. The first-order valence-electron chi connectivity index (χ1n) is 11.8. The number of hydrogen-bond donors (Lipinski definition) is 1. The van der Waals surface area contributed by atoms with Crippen molar-refractivity contribution >= 4 is 29.2 Å². The van der Waals surface area contributed by atoms with Crippen LogP contribution in [0.4, 0.5) is 10.2 Å². The lowest BCUT2D eigenvalue weighted by molar-refractivity contribution is -0.128. The number of phenolic OH excluding ortho intramolecular Hbond substituents is 1. The molecule has 2 aromatic rings. The Morgan fingerprint density at radius 1 is 1.22 bits per heavy atom. The minimum absolute atomic E-state index is 0.00920. The Morgan fingerprint density at radius 3 is 2.72 bits per heavy atom. The molecule has 0 aliphatic carbocycles. The maximum absolute atomic E-state index is 14.9. The van der Waals surface area contributed by atoms with E-state index in [1.165, 1.54) is 24.3 Å². The molecule has 5 rings (SSSR count). The molecule has 1 atom stereocenters. The quantitative estimate of drug-likeness (QED) is 0.627. The highest BCUT2D eigenvalue weighted by molar-refractivity contribution is 6.35. The van der Waals surface area contributed by atoms with E-state index in [0.29, 0.717) is 51.8 Å². The molecule has 0 spiro atoms. The Balaban J connectivity index is 1.62. The second-order valence-corrected chi connectivity index (χ2v) is 9.16. The molecule has 2 fully saturated rings. The van der Waals surface area contributed by atoms with Crippen molar-refractivity contribution in [1.29, 1.82) is 0 Å². The molecular formula is C25H26ClFN4O5. The molecule has 2 saturated heterocycles. The number of carbonyl (C=O) groups excluding carboxylic acids is 2. The second kappa shape index (κ2) is 9.94. The molecule has 0 saturated carbocycles. The summed E-state index contributed by atoms with van der Waals surface area (Å²) in [5.74, 6) is -1.08. The number of carbonyl (C=O) groups is 2. The smallest absolute Gasteiger partial charge is 0.261 e. The molecule has 0 radical (unpaired) electrons. The number of piperazine rings is 1. The van der Waals surface area contributed by atoms with Crippen LogP contribution >= 0.6 is 11.6 Å². The first-order valence-corrected chi connectivity index (χ1v) is 12.2. The van der Waals surface area contributed by atoms with E-state index < -0.39 is 11.9 Å². The van der Waals surface area contributed by atoms with Gasteiger partial charge in [-0.3, -0.25) is 9.59 Å². The Bertz CT molecular complexity index is 1210. The van der Waals surface area contributed by atoms with Crippen LogP contribution in [0.1, 0.15) is 17.3 Å². The highest BCUT2D eigenvalue weighted by Gasteiger charge is 2.41. The van der Waals surface area contributed by atoms with E-state index in [1.807, 2.05) is 4.90 Å². The zero-order chi connectivity index (χ0) is 25.4. The number of morpholine rings is 1. The first-order chi connectivity index (χ1) is 17.4. The van der Waals surface area contributed by atoms with Gasteiger partial charge in [-0.1, -0.05) is 23.7 Å². The molecule has 36 heavy (non-hydrogen) atoms. The van der Waals surface area contributed by atoms with Gasteiger partial charge in [-0.15, -0.1) is 0 Å². The topological polar surface area (TPSA) is 95.4 Å². The van der Waals surface area contributed by atoms with Crippen LogP contribution in [0.3, 0.4) is 0 Å². The predicted octanol–water partition coefficient (Wildman–Crippen LogP) is 2.70. The summed E-state index contributed by atoms with van der Waals surface area (Å²) in [6, 6.07) is 3.54. The normalized spacial score (nSPS) is 20.1. The second-order valence-electron chi connectivity index (χ2n) is 8.78. The van der Waals surface area contributed by atoms with Gasteiger partial charge in [-0.25, -0.2) is 9.37 Å². The van der Waals surface area contributed by atoms with Crippen molar-refractivity contribution in [2.45, 2.75) is 13.0 Å². The van der Waals surface area contributed by atoms with Gasteiger partial charge in [0, 0.05) is 32.7 Å². The number of amides is 2. The Kier molecular flexibility index (Phi) is 6.72. The summed E-state index contributed by atoms with van der Waals surface area (Å²) in [6.07, 6.45) is 3.17. The molecule has 1 aromatic heterocycles. The summed E-state index contributed by atoms with van der Waals surface area (Å²) >= 11 is 6.72. The largest absolute Gasteiger partial charge is 0.507 e. The third-order valence-electron chi connectivity index (χ3n) is 6.61. The molecule has 2 amide bonds. The van der Waals surface area contributed by atoms with Gasteiger partial charge in [0.15, 0.2) is 5.75 Å². The van der Waals surface area contributed by atoms with Crippen molar-refractivity contribution in [2.75, 3.05) is 57.4 Å².